The van der Waals surface area contributed by atoms with E-state index in [0.29, 0.717) is 37.8 Å². The van der Waals surface area contributed by atoms with Crippen LogP contribution in [0.1, 0.15) is 53.0 Å². The van der Waals surface area contributed by atoms with Crippen molar-refractivity contribution in [3.05, 3.63) is 46.8 Å². The van der Waals surface area contributed by atoms with Crippen molar-refractivity contribution in [1.29, 1.82) is 0 Å². The van der Waals surface area contributed by atoms with E-state index in [4.69, 9.17) is 14.5 Å². The van der Waals surface area contributed by atoms with E-state index in [1.54, 1.807) is 4.68 Å². The van der Waals surface area contributed by atoms with Crippen molar-refractivity contribution in [2.75, 3.05) is 19.8 Å². The van der Waals surface area contributed by atoms with Crippen LogP contribution in [0.3, 0.4) is 0 Å². The minimum Gasteiger partial charge on any atom is -0.486 e. The first kappa shape index (κ1) is 18.9. The van der Waals surface area contributed by atoms with Gasteiger partial charge in [0.05, 0.1) is 16.6 Å². The number of pyridine rings is 1. The molecule has 5 rings (SSSR count). The number of carbonyl (C=O) groups is 1. The standard InChI is InChI=1S/C23H26N4O3/c1-4-27(13-15-5-8-19-20(11-15)30-10-9-29-19)23(28)17-12-18(16-6-7-16)24-22-21(17)14(2)25-26(22)3/h5,8,11-12,16H,4,6-7,9-10,13H2,1-3H3. The fourth-order valence-corrected chi connectivity index (χ4v) is 4.13. The van der Waals surface area contributed by atoms with Crippen LogP contribution in [0.2, 0.25) is 0 Å². The Kier molecular flexibility index (Phi) is 4.60. The molecule has 1 amide bonds. The zero-order valence-electron chi connectivity index (χ0n) is 17.6. The summed E-state index contributed by atoms with van der Waals surface area (Å²) in [4.78, 5) is 20.3. The summed E-state index contributed by atoms with van der Waals surface area (Å²) in [5.41, 5.74) is 4.35. The van der Waals surface area contributed by atoms with Gasteiger partial charge in [-0.05, 0) is 50.5 Å². The van der Waals surface area contributed by atoms with Crippen molar-refractivity contribution in [1.82, 2.24) is 19.7 Å². The van der Waals surface area contributed by atoms with E-state index in [0.717, 1.165) is 52.3 Å². The first-order valence-electron chi connectivity index (χ1n) is 10.6. The molecule has 0 saturated heterocycles. The van der Waals surface area contributed by atoms with E-state index in [1.807, 2.05) is 50.1 Å². The van der Waals surface area contributed by atoms with E-state index in [9.17, 15) is 4.79 Å². The maximum Gasteiger partial charge on any atom is 0.255 e. The molecular weight excluding hydrogens is 380 g/mol. The molecule has 3 heterocycles. The number of hydrogen-bond acceptors (Lipinski definition) is 5. The summed E-state index contributed by atoms with van der Waals surface area (Å²) in [5.74, 6) is 1.98. The van der Waals surface area contributed by atoms with Crippen LogP contribution in [0, 0.1) is 6.92 Å². The lowest BCUT2D eigenvalue weighted by molar-refractivity contribution is 0.0754. The zero-order chi connectivity index (χ0) is 20.8. The molecule has 7 nitrogen and oxygen atoms in total. The second-order valence-corrected chi connectivity index (χ2v) is 8.07. The number of nitrogens with zero attached hydrogens (tertiary/aromatic N) is 4. The largest absolute Gasteiger partial charge is 0.486 e. The van der Waals surface area contributed by atoms with Crippen LogP contribution in [0.25, 0.3) is 11.0 Å². The summed E-state index contributed by atoms with van der Waals surface area (Å²) in [5, 5.41) is 5.38. The lowest BCUT2D eigenvalue weighted by atomic mass is 10.1. The number of fused-ring (bicyclic) bond motifs is 2. The summed E-state index contributed by atoms with van der Waals surface area (Å²) >= 11 is 0. The van der Waals surface area contributed by atoms with E-state index < -0.39 is 0 Å². The minimum atomic E-state index is 0.0118. The molecule has 0 N–H and O–H groups in total. The summed E-state index contributed by atoms with van der Waals surface area (Å²) in [6.45, 7) is 6.17. The van der Waals surface area contributed by atoms with Crippen LogP contribution < -0.4 is 9.47 Å². The highest BCUT2D eigenvalue weighted by Gasteiger charge is 2.29. The average Bonchev–Trinajstić information content (AvgIpc) is 3.57. The van der Waals surface area contributed by atoms with Gasteiger partial charge in [0.25, 0.3) is 5.91 Å². The Balaban J connectivity index is 1.50. The molecule has 1 aromatic carbocycles. The first-order valence-corrected chi connectivity index (χ1v) is 10.6. The Morgan fingerprint density at radius 2 is 1.97 bits per heavy atom. The minimum absolute atomic E-state index is 0.0118. The zero-order valence-corrected chi connectivity index (χ0v) is 17.6. The average molecular weight is 406 g/mol. The Hall–Kier alpha value is -3.09. The molecule has 1 saturated carbocycles. The van der Waals surface area contributed by atoms with Crippen LogP contribution in [0.4, 0.5) is 0 Å². The second-order valence-electron chi connectivity index (χ2n) is 8.07. The molecule has 0 bridgehead atoms. The summed E-state index contributed by atoms with van der Waals surface area (Å²) in [6, 6.07) is 7.88. The highest BCUT2D eigenvalue weighted by atomic mass is 16.6. The van der Waals surface area contributed by atoms with Crippen molar-refractivity contribution >= 4 is 16.9 Å². The highest BCUT2D eigenvalue weighted by Crippen LogP contribution is 2.40. The quantitative estimate of drug-likeness (QED) is 0.648. The predicted octanol–water partition coefficient (Wildman–Crippen LogP) is 3.59. The molecule has 1 aliphatic heterocycles. The van der Waals surface area contributed by atoms with E-state index in [1.165, 1.54) is 0 Å². The molecule has 7 heteroatoms. The molecule has 30 heavy (non-hydrogen) atoms. The van der Waals surface area contributed by atoms with Gasteiger partial charge >= 0.3 is 0 Å². The fourth-order valence-electron chi connectivity index (χ4n) is 4.13. The third kappa shape index (κ3) is 3.28. The maximum atomic E-state index is 13.6. The number of amides is 1. The lowest BCUT2D eigenvalue weighted by Gasteiger charge is -2.24. The molecule has 0 radical (unpaired) electrons. The Bertz CT molecular complexity index is 1130. The Morgan fingerprint density at radius 1 is 1.20 bits per heavy atom. The SMILES string of the molecule is CCN(Cc1ccc2c(c1)OCCO2)C(=O)c1cc(C2CC2)nc2c1c(C)nn2C. The van der Waals surface area contributed by atoms with Gasteiger partial charge in [0.2, 0.25) is 0 Å². The number of benzene rings is 1. The van der Waals surface area contributed by atoms with Gasteiger partial charge in [0.1, 0.15) is 13.2 Å². The van der Waals surface area contributed by atoms with Crippen LogP contribution in [0.5, 0.6) is 11.5 Å². The van der Waals surface area contributed by atoms with Gasteiger partial charge in [-0.25, -0.2) is 4.98 Å². The monoisotopic (exact) mass is 406 g/mol. The molecule has 2 aliphatic rings. The van der Waals surface area contributed by atoms with Crippen LogP contribution in [-0.4, -0.2) is 45.3 Å². The molecule has 1 aliphatic carbocycles. The highest BCUT2D eigenvalue weighted by molar-refractivity contribution is 6.06. The van der Waals surface area contributed by atoms with Gasteiger partial charge in [-0.3, -0.25) is 9.48 Å². The molecule has 0 spiro atoms. The first-order chi connectivity index (χ1) is 14.5. The van der Waals surface area contributed by atoms with Crippen molar-refractivity contribution in [3.8, 4) is 11.5 Å². The predicted molar refractivity (Wildman–Crippen MR) is 113 cm³/mol. The lowest BCUT2D eigenvalue weighted by Crippen LogP contribution is -2.30. The normalized spacial score (nSPS) is 15.4. The van der Waals surface area contributed by atoms with E-state index in [2.05, 4.69) is 5.10 Å². The molecule has 0 atom stereocenters. The Morgan fingerprint density at radius 3 is 2.70 bits per heavy atom. The van der Waals surface area contributed by atoms with Gasteiger partial charge in [-0.15, -0.1) is 0 Å². The van der Waals surface area contributed by atoms with Crippen molar-refractivity contribution in [2.45, 2.75) is 39.2 Å². The van der Waals surface area contributed by atoms with Gasteiger partial charge in [-0.2, -0.15) is 5.10 Å². The van der Waals surface area contributed by atoms with Gasteiger partial charge in [0, 0.05) is 31.7 Å². The Labute approximate surface area is 175 Å². The maximum absolute atomic E-state index is 13.6. The van der Waals surface area contributed by atoms with Crippen LogP contribution >= 0.6 is 0 Å². The third-order valence-corrected chi connectivity index (χ3v) is 5.86. The topological polar surface area (TPSA) is 69.5 Å². The molecule has 156 valence electrons. The van der Waals surface area contributed by atoms with Crippen molar-refractivity contribution in [2.24, 2.45) is 7.05 Å². The molecule has 0 unspecified atom stereocenters. The molecule has 1 fully saturated rings. The number of rotatable bonds is 5. The third-order valence-electron chi connectivity index (χ3n) is 5.86. The van der Waals surface area contributed by atoms with E-state index in [-0.39, 0.29) is 5.91 Å². The smallest absolute Gasteiger partial charge is 0.255 e. The molecular formula is C23H26N4O3. The number of carbonyl (C=O) groups excluding carboxylic acids is 1. The van der Waals surface area contributed by atoms with Gasteiger partial charge in [0.15, 0.2) is 17.1 Å². The number of hydrogen-bond donors (Lipinski definition) is 0. The van der Waals surface area contributed by atoms with Crippen molar-refractivity contribution in [3.63, 3.8) is 0 Å². The molecule has 2 aromatic heterocycles. The van der Waals surface area contributed by atoms with Gasteiger partial charge < -0.3 is 14.4 Å². The summed E-state index contributed by atoms with van der Waals surface area (Å²) < 4.78 is 13.1. The second kappa shape index (κ2) is 7.31. The number of ether oxygens (including phenoxy) is 2. The van der Waals surface area contributed by atoms with Gasteiger partial charge in [-0.1, -0.05) is 6.07 Å². The van der Waals surface area contributed by atoms with Crippen LogP contribution in [-0.2, 0) is 13.6 Å². The van der Waals surface area contributed by atoms with Crippen molar-refractivity contribution < 1.29 is 14.3 Å². The fraction of sp³-hybridized carbons (Fsp3) is 0.435. The number of aromatic nitrogens is 3. The molecule has 3 aromatic rings. The van der Waals surface area contributed by atoms with E-state index >= 15 is 0 Å². The summed E-state index contributed by atoms with van der Waals surface area (Å²) in [7, 11) is 1.89. The van der Waals surface area contributed by atoms with Crippen LogP contribution in [0.15, 0.2) is 24.3 Å². The number of aryl methyl sites for hydroxylation is 2. The summed E-state index contributed by atoms with van der Waals surface area (Å²) in [6.07, 6.45) is 2.27.